The number of rotatable bonds is 6. The van der Waals surface area contributed by atoms with Crippen molar-refractivity contribution in [2.24, 2.45) is 0 Å². The fraction of sp³-hybridized carbons (Fsp3) is 0.476. The van der Waals surface area contributed by atoms with Crippen LogP contribution in [0.1, 0.15) is 40.2 Å². The Morgan fingerprint density at radius 2 is 1.34 bits per heavy atom. The summed E-state index contributed by atoms with van der Waals surface area (Å²) in [7, 11) is -7.31. The Bertz CT molecular complexity index is 1180. The van der Waals surface area contributed by atoms with Crippen LogP contribution in [0.5, 0.6) is 0 Å². The van der Waals surface area contributed by atoms with Crippen LogP contribution in [-0.4, -0.2) is 63.6 Å². The largest absolute Gasteiger partial charge is 0.349 e. The van der Waals surface area contributed by atoms with Crippen LogP contribution in [0.4, 0.5) is 0 Å². The fourth-order valence-electron chi connectivity index (χ4n) is 4.06. The lowest BCUT2D eigenvalue weighted by molar-refractivity contribution is 0.0928. The molecule has 8 nitrogen and oxygen atoms in total. The van der Waals surface area contributed by atoms with Gasteiger partial charge in [0.1, 0.15) is 0 Å². The Balaban J connectivity index is 1.38. The van der Waals surface area contributed by atoms with Crippen molar-refractivity contribution in [3.8, 4) is 0 Å². The smallest absolute Gasteiger partial charge is 0.261 e. The van der Waals surface area contributed by atoms with Gasteiger partial charge in [0, 0.05) is 37.1 Å². The van der Waals surface area contributed by atoms with E-state index in [4.69, 9.17) is 0 Å². The molecule has 2 aromatic rings. The van der Waals surface area contributed by atoms with Crippen LogP contribution in [0.3, 0.4) is 0 Å². The van der Waals surface area contributed by atoms with E-state index >= 15 is 0 Å². The number of benzene rings is 1. The van der Waals surface area contributed by atoms with E-state index in [1.165, 1.54) is 44.2 Å². The number of sulfonamides is 2. The number of nitrogens with zero attached hydrogens (tertiary/aromatic N) is 2. The molecular weight excluding hydrogens is 470 g/mol. The predicted molar refractivity (Wildman–Crippen MR) is 123 cm³/mol. The molecule has 2 fully saturated rings. The summed E-state index contributed by atoms with van der Waals surface area (Å²) in [5.74, 6) is -0.126. The molecule has 0 unspecified atom stereocenters. The van der Waals surface area contributed by atoms with Crippen LogP contribution in [-0.2, 0) is 20.0 Å². The van der Waals surface area contributed by atoms with Crippen molar-refractivity contribution in [2.75, 3.05) is 26.2 Å². The predicted octanol–water partition coefficient (Wildman–Crippen LogP) is 2.42. The highest BCUT2D eigenvalue weighted by Crippen LogP contribution is 2.25. The summed E-state index contributed by atoms with van der Waals surface area (Å²) in [6, 6.07) is 9.09. The Morgan fingerprint density at radius 3 is 1.81 bits per heavy atom. The minimum atomic E-state index is -3.73. The monoisotopic (exact) mass is 497 g/mol. The third-order valence-corrected chi connectivity index (χ3v) is 10.7. The lowest BCUT2D eigenvalue weighted by atomic mass is 10.1. The quantitative estimate of drug-likeness (QED) is 0.660. The van der Waals surface area contributed by atoms with E-state index in [9.17, 15) is 21.6 Å². The number of aryl methyl sites for hydroxylation is 1. The standard InChI is InChI=1S/C21H27N3O5S3/c1-16-4-9-20(30-16)21(25)22-17-10-14-24(15-11-17)32(28,29)19-7-5-18(6-8-19)31(26,27)23-12-2-3-13-23/h4-9,17H,2-3,10-15H2,1H3,(H,22,25). The zero-order chi connectivity index (χ0) is 22.9. The number of carbonyl (C=O) groups excluding carboxylic acids is 1. The molecule has 11 heteroatoms. The van der Waals surface area contributed by atoms with Crippen molar-refractivity contribution in [1.29, 1.82) is 0 Å². The molecule has 1 N–H and O–H groups in total. The molecule has 4 rings (SSSR count). The van der Waals surface area contributed by atoms with Crippen molar-refractivity contribution in [3.63, 3.8) is 0 Å². The first kappa shape index (κ1) is 23.4. The maximum atomic E-state index is 13.0. The Morgan fingerprint density at radius 1 is 0.844 bits per heavy atom. The van der Waals surface area contributed by atoms with Gasteiger partial charge < -0.3 is 5.32 Å². The van der Waals surface area contributed by atoms with Gasteiger partial charge in [0.25, 0.3) is 5.91 Å². The van der Waals surface area contributed by atoms with Crippen molar-refractivity contribution >= 4 is 37.3 Å². The average Bonchev–Trinajstić information content (AvgIpc) is 3.47. The highest BCUT2D eigenvalue weighted by molar-refractivity contribution is 7.89. The number of nitrogens with one attached hydrogen (secondary N) is 1. The summed E-state index contributed by atoms with van der Waals surface area (Å²) in [5, 5.41) is 2.99. The summed E-state index contributed by atoms with van der Waals surface area (Å²) in [5.41, 5.74) is 0. The Kier molecular flexibility index (Phi) is 6.73. The molecular formula is C21H27N3O5S3. The fourth-order valence-corrected chi connectivity index (χ4v) is 7.82. The maximum Gasteiger partial charge on any atom is 0.261 e. The molecule has 1 aromatic heterocycles. The van der Waals surface area contributed by atoms with Crippen LogP contribution >= 0.6 is 11.3 Å². The molecule has 0 spiro atoms. The highest BCUT2D eigenvalue weighted by atomic mass is 32.2. The zero-order valence-electron chi connectivity index (χ0n) is 17.9. The van der Waals surface area contributed by atoms with E-state index in [0.29, 0.717) is 43.9 Å². The third kappa shape index (κ3) is 4.76. The number of hydrogen-bond acceptors (Lipinski definition) is 6. The lowest BCUT2D eigenvalue weighted by Gasteiger charge is -2.31. The van der Waals surface area contributed by atoms with Crippen molar-refractivity contribution in [3.05, 3.63) is 46.2 Å². The van der Waals surface area contributed by atoms with Gasteiger partial charge in [-0.3, -0.25) is 4.79 Å². The second-order valence-electron chi connectivity index (χ2n) is 8.14. The van der Waals surface area contributed by atoms with E-state index in [1.54, 1.807) is 6.07 Å². The summed E-state index contributed by atoms with van der Waals surface area (Å²) in [6.45, 7) is 3.54. The second kappa shape index (κ2) is 9.22. The summed E-state index contributed by atoms with van der Waals surface area (Å²) < 4.78 is 54.2. The number of amides is 1. The molecule has 32 heavy (non-hydrogen) atoms. The molecule has 1 amide bonds. The first-order valence-electron chi connectivity index (χ1n) is 10.7. The van der Waals surface area contributed by atoms with E-state index in [1.807, 2.05) is 13.0 Å². The second-order valence-corrected chi connectivity index (χ2v) is 13.3. The SMILES string of the molecule is Cc1ccc(C(=O)NC2CCN(S(=O)(=O)c3ccc(S(=O)(=O)N4CCCC4)cc3)CC2)s1. The summed E-state index contributed by atoms with van der Waals surface area (Å²) >= 11 is 1.43. The average molecular weight is 498 g/mol. The molecule has 2 saturated heterocycles. The van der Waals surface area contributed by atoms with Crippen LogP contribution in [0.25, 0.3) is 0 Å². The molecule has 0 atom stereocenters. The van der Waals surface area contributed by atoms with Gasteiger partial charge in [0.2, 0.25) is 20.0 Å². The Labute approximate surface area is 193 Å². The molecule has 0 bridgehead atoms. The summed E-state index contributed by atoms with van der Waals surface area (Å²) in [4.78, 5) is 14.3. The van der Waals surface area contributed by atoms with Crippen molar-refractivity contribution in [1.82, 2.24) is 13.9 Å². The number of carbonyl (C=O) groups is 1. The normalized spacial score (nSPS) is 19.3. The first-order valence-corrected chi connectivity index (χ1v) is 14.4. The van der Waals surface area contributed by atoms with Gasteiger partial charge >= 0.3 is 0 Å². The minimum Gasteiger partial charge on any atom is -0.349 e. The van der Waals surface area contributed by atoms with Gasteiger partial charge in [-0.25, -0.2) is 16.8 Å². The van der Waals surface area contributed by atoms with Gasteiger partial charge in [-0.05, 0) is 69.0 Å². The summed E-state index contributed by atoms with van der Waals surface area (Å²) in [6.07, 6.45) is 2.73. The number of hydrogen-bond donors (Lipinski definition) is 1. The van der Waals surface area contributed by atoms with Gasteiger partial charge in [-0.2, -0.15) is 8.61 Å². The molecule has 0 radical (unpaired) electrons. The van der Waals surface area contributed by atoms with Gasteiger partial charge in [-0.15, -0.1) is 11.3 Å². The van der Waals surface area contributed by atoms with Crippen LogP contribution < -0.4 is 5.32 Å². The van der Waals surface area contributed by atoms with Crippen LogP contribution in [0, 0.1) is 6.92 Å². The van der Waals surface area contributed by atoms with E-state index in [2.05, 4.69) is 5.32 Å². The van der Waals surface area contributed by atoms with Gasteiger partial charge in [0.15, 0.2) is 0 Å². The number of thiophene rings is 1. The van der Waals surface area contributed by atoms with Crippen LogP contribution in [0.15, 0.2) is 46.2 Å². The molecule has 2 aliphatic heterocycles. The molecule has 3 heterocycles. The minimum absolute atomic E-state index is 0.0782. The highest BCUT2D eigenvalue weighted by Gasteiger charge is 2.31. The number of piperidine rings is 1. The topological polar surface area (TPSA) is 104 Å². The molecule has 0 aliphatic carbocycles. The molecule has 2 aliphatic rings. The molecule has 174 valence electrons. The van der Waals surface area contributed by atoms with Gasteiger partial charge in [-0.1, -0.05) is 0 Å². The van der Waals surface area contributed by atoms with Crippen molar-refractivity contribution < 1.29 is 21.6 Å². The Hall–Kier alpha value is -1.79. The van der Waals surface area contributed by atoms with E-state index in [0.717, 1.165) is 17.7 Å². The maximum absolute atomic E-state index is 13.0. The third-order valence-electron chi connectivity index (χ3n) is 5.92. The zero-order valence-corrected chi connectivity index (χ0v) is 20.3. The molecule has 0 saturated carbocycles. The van der Waals surface area contributed by atoms with Crippen LogP contribution in [0.2, 0.25) is 0 Å². The molecule has 1 aromatic carbocycles. The van der Waals surface area contributed by atoms with E-state index < -0.39 is 20.0 Å². The van der Waals surface area contributed by atoms with E-state index in [-0.39, 0.29) is 21.7 Å². The van der Waals surface area contributed by atoms with Gasteiger partial charge in [0.05, 0.1) is 14.7 Å². The lowest BCUT2D eigenvalue weighted by Crippen LogP contribution is -2.46. The first-order chi connectivity index (χ1) is 15.2. The van der Waals surface area contributed by atoms with Crippen molar-refractivity contribution in [2.45, 2.75) is 48.4 Å².